The SMILES string of the molecule is Fc1cc(CBr)cc2ccccc12. The summed E-state index contributed by atoms with van der Waals surface area (Å²) >= 11 is 3.31. The summed E-state index contributed by atoms with van der Waals surface area (Å²) in [5.41, 5.74) is 0.969. The van der Waals surface area contributed by atoms with E-state index in [1.54, 1.807) is 12.1 Å². The Morgan fingerprint density at radius 1 is 1.15 bits per heavy atom. The van der Waals surface area contributed by atoms with Gasteiger partial charge in [0.1, 0.15) is 5.82 Å². The third-order valence-corrected chi connectivity index (χ3v) is 2.67. The Hall–Kier alpha value is -0.890. The molecule has 0 atom stereocenters. The molecule has 66 valence electrons. The summed E-state index contributed by atoms with van der Waals surface area (Å²) in [6, 6.07) is 11.0. The van der Waals surface area contributed by atoms with Crippen LogP contribution in [-0.4, -0.2) is 0 Å². The van der Waals surface area contributed by atoms with Crippen LogP contribution < -0.4 is 0 Å². The van der Waals surface area contributed by atoms with Crippen molar-refractivity contribution in [1.29, 1.82) is 0 Å². The van der Waals surface area contributed by atoms with Crippen LogP contribution in [0.1, 0.15) is 5.56 Å². The van der Waals surface area contributed by atoms with Crippen LogP contribution in [0.15, 0.2) is 36.4 Å². The number of hydrogen-bond donors (Lipinski definition) is 0. The Labute approximate surface area is 84.5 Å². The van der Waals surface area contributed by atoms with Crippen LogP contribution in [0.2, 0.25) is 0 Å². The van der Waals surface area contributed by atoms with Crippen LogP contribution in [0.5, 0.6) is 0 Å². The van der Waals surface area contributed by atoms with E-state index in [2.05, 4.69) is 15.9 Å². The number of halogens is 2. The maximum atomic E-state index is 13.4. The normalized spacial score (nSPS) is 10.6. The monoisotopic (exact) mass is 238 g/mol. The minimum absolute atomic E-state index is 0.146. The molecule has 0 radical (unpaired) electrons. The maximum Gasteiger partial charge on any atom is 0.131 e. The van der Waals surface area contributed by atoms with Crippen molar-refractivity contribution in [2.75, 3.05) is 0 Å². The molecular formula is C11H8BrF. The highest BCUT2D eigenvalue weighted by Gasteiger charge is 2.01. The first kappa shape index (κ1) is 8.70. The molecule has 0 fully saturated rings. The van der Waals surface area contributed by atoms with Crippen molar-refractivity contribution in [2.24, 2.45) is 0 Å². The number of hydrogen-bond acceptors (Lipinski definition) is 0. The molecule has 0 saturated heterocycles. The lowest BCUT2D eigenvalue weighted by molar-refractivity contribution is 0.638. The first-order valence-corrected chi connectivity index (χ1v) is 5.16. The lowest BCUT2D eigenvalue weighted by Crippen LogP contribution is -1.83. The van der Waals surface area contributed by atoms with E-state index in [1.807, 2.05) is 24.3 Å². The lowest BCUT2D eigenvalue weighted by Gasteiger charge is -2.01. The van der Waals surface area contributed by atoms with E-state index in [0.29, 0.717) is 10.7 Å². The second-order valence-corrected chi connectivity index (χ2v) is 3.49. The standard InChI is InChI=1S/C11H8BrF/c12-7-8-5-9-3-1-2-4-10(9)11(13)6-8/h1-6H,7H2. The summed E-state index contributed by atoms with van der Waals surface area (Å²) in [4.78, 5) is 0. The topological polar surface area (TPSA) is 0 Å². The molecule has 0 unspecified atom stereocenters. The molecule has 0 aliphatic rings. The summed E-state index contributed by atoms with van der Waals surface area (Å²) in [5, 5.41) is 2.33. The molecule has 0 aliphatic carbocycles. The molecule has 0 spiro atoms. The Morgan fingerprint density at radius 3 is 2.69 bits per heavy atom. The number of alkyl halides is 1. The van der Waals surface area contributed by atoms with Crippen LogP contribution in [-0.2, 0) is 5.33 Å². The van der Waals surface area contributed by atoms with Gasteiger partial charge in [-0.1, -0.05) is 46.3 Å². The fourth-order valence-electron chi connectivity index (χ4n) is 1.40. The smallest absolute Gasteiger partial charge is 0.131 e. The van der Waals surface area contributed by atoms with Gasteiger partial charge in [-0.3, -0.25) is 0 Å². The van der Waals surface area contributed by atoms with Gasteiger partial charge in [-0.2, -0.15) is 0 Å². The van der Waals surface area contributed by atoms with Crippen molar-refractivity contribution < 1.29 is 4.39 Å². The van der Waals surface area contributed by atoms with E-state index in [0.717, 1.165) is 10.9 Å². The molecule has 0 aliphatic heterocycles. The van der Waals surface area contributed by atoms with Gasteiger partial charge in [-0.05, 0) is 17.0 Å². The molecule has 0 heterocycles. The highest BCUT2D eigenvalue weighted by atomic mass is 79.9. The maximum absolute atomic E-state index is 13.4. The van der Waals surface area contributed by atoms with E-state index in [1.165, 1.54) is 0 Å². The van der Waals surface area contributed by atoms with E-state index in [9.17, 15) is 4.39 Å². The van der Waals surface area contributed by atoms with Crippen molar-refractivity contribution in [3.05, 3.63) is 47.8 Å². The van der Waals surface area contributed by atoms with Crippen LogP contribution >= 0.6 is 15.9 Å². The third kappa shape index (κ3) is 1.59. The molecule has 2 aromatic carbocycles. The van der Waals surface area contributed by atoms with Crippen molar-refractivity contribution >= 4 is 26.7 Å². The molecule has 2 heteroatoms. The molecule has 0 bridgehead atoms. The average molecular weight is 239 g/mol. The zero-order valence-corrected chi connectivity index (χ0v) is 8.51. The Kier molecular flexibility index (Phi) is 2.32. The van der Waals surface area contributed by atoms with Crippen LogP contribution in [0, 0.1) is 5.82 Å². The van der Waals surface area contributed by atoms with Crippen molar-refractivity contribution in [3.8, 4) is 0 Å². The van der Waals surface area contributed by atoms with Gasteiger partial charge in [0.2, 0.25) is 0 Å². The molecule has 2 rings (SSSR count). The molecule has 0 amide bonds. The summed E-state index contributed by atoms with van der Waals surface area (Å²) < 4.78 is 13.4. The predicted molar refractivity (Wildman–Crippen MR) is 56.5 cm³/mol. The van der Waals surface area contributed by atoms with Gasteiger partial charge in [-0.25, -0.2) is 4.39 Å². The van der Waals surface area contributed by atoms with Gasteiger partial charge >= 0.3 is 0 Å². The highest BCUT2D eigenvalue weighted by Crippen LogP contribution is 2.20. The first-order chi connectivity index (χ1) is 6.31. The van der Waals surface area contributed by atoms with E-state index < -0.39 is 0 Å². The Balaban J connectivity index is 2.77. The second-order valence-electron chi connectivity index (χ2n) is 2.93. The third-order valence-electron chi connectivity index (χ3n) is 2.03. The molecule has 13 heavy (non-hydrogen) atoms. The van der Waals surface area contributed by atoms with Crippen LogP contribution in [0.4, 0.5) is 4.39 Å². The molecular weight excluding hydrogens is 231 g/mol. The summed E-state index contributed by atoms with van der Waals surface area (Å²) in [6.07, 6.45) is 0. The number of benzene rings is 2. The minimum atomic E-state index is -0.146. The molecule has 0 saturated carbocycles. The van der Waals surface area contributed by atoms with Gasteiger partial charge < -0.3 is 0 Å². The van der Waals surface area contributed by atoms with Gasteiger partial charge in [0, 0.05) is 10.7 Å². The summed E-state index contributed by atoms with van der Waals surface area (Å²) in [6.45, 7) is 0. The van der Waals surface area contributed by atoms with E-state index >= 15 is 0 Å². The quantitative estimate of drug-likeness (QED) is 0.662. The summed E-state index contributed by atoms with van der Waals surface area (Å²) in [7, 11) is 0. The van der Waals surface area contributed by atoms with Gasteiger partial charge in [0.25, 0.3) is 0 Å². The average Bonchev–Trinajstić information content (AvgIpc) is 2.18. The lowest BCUT2D eigenvalue weighted by atomic mass is 10.1. The van der Waals surface area contributed by atoms with Gasteiger partial charge in [0.05, 0.1) is 0 Å². The highest BCUT2D eigenvalue weighted by molar-refractivity contribution is 9.08. The molecule has 0 aromatic heterocycles. The number of rotatable bonds is 1. The van der Waals surface area contributed by atoms with E-state index in [4.69, 9.17) is 0 Å². The van der Waals surface area contributed by atoms with Crippen molar-refractivity contribution in [3.63, 3.8) is 0 Å². The second kappa shape index (κ2) is 3.46. The molecule has 0 N–H and O–H groups in total. The van der Waals surface area contributed by atoms with Gasteiger partial charge in [0.15, 0.2) is 0 Å². The Morgan fingerprint density at radius 2 is 1.92 bits per heavy atom. The van der Waals surface area contributed by atoms with Crippen molar-refractivity contribution in [2.45, 2.75) is 5.33 Å². The fourth-order valence-corrected chi connectivity index (χ4v) is 1.72. The van der Waals surface area contributed by atoms with Crippen molar-refractivity contribution in [1.82, 2.24) is 0 Å². The largest absolute Gasteiger partial charge is 0.206 e. The Bertz CT molecular complexity index is 437. The molecule has 2 aromatic rings. The van der Waals surface area contributed by atoms with Gasteiger partial charge in [-0.15, -0.1) is 0 Å². The van der Waals surface area contributed by atoms with E-state index in [-0.39, 0.29) is 5.82 Å². The molecule has 0 nitrogen and oxygen atoms in total. The number of fused-ring (bicyclic) bond motifs is 1. The first-order valence-electron chi connectivity index (χ1n) is 4.04. The van der Waals surface area contributed by atoms with Crippen LogP contribution in [0.3, 0.4) is 0 Å². The summed E-state index contributed by atoms with van der Waals surface area (Å²) in [5.74, 6) is -0.146. The zero-order chi connectivity index (χ0) is 9.26. The van der Waals surface area contributed by atoms with Crippen LogP contribution in [0.25, 0.3) is 10.8 Å². The predicted octanol–water partition coefficient (Wildman–Crippen LogP) is 3.87. The fraction of sp³-hybridized carbons (Fsp3) is 0.0909. The minimum Gasteiger partial charge on any atom is -0.206 e. The zero-order valence-electron chi connectivity index (χ0n) is 6.93.